The second kappa shape index (κ2) is 5.31. The van der Waals surface area contributed by atoms with Gasteiger partial charge in [0.05, 0.1) is 0 Å². The number of carbonyl (C=O) groups excluding carboxylic acids is 1. The Balaban J connectivity index is 2.53. The highest BCUT2D eigenvalue weighted by Crippen LogP contribution is 2.16. The van der Waals surface area contributed by atoms with Crippen LogP contribution in [0.4, 0.5) is 0 Å². The SMILES string of the molecule is O=C1CC=CCC(=CBr)CCC1. The number of halogens is 1. The second-order valence-corrected chi connectivity index (χ2v) is 3.50. The number of hydrogen-bond donors (Lipinski definition) is 0. The predicted molar refractivity (Wildman–Crippen MR) is 54.2 cm³/mol. The molecule has 0 bridgehead atoms. The summed E-state index contributed by atoms with van der Waals surface area (Å²) >= 11 is 3.33. The normalized spacial score (nSPS) is 23.4. The molecule has 1 aliphatic carbocycles. The van der Waals surface area contributed by atoms with Gasteiger partial charge in [-0.15, -0.1) is 0 Å². The molecule has 0 aromatic heterocycles. The topological polar surface area (TPSA) is 17.1 Å². The largest absolute Gasteiger partial charge is 0.299 e. The summed E-state index contributed by atoms with van der Waals surface area (Å²) in [5.41, 5.74) is 1.38. The van der Waals surface area contributed by atoms with Gasteiger partial charge in [0.2, 0.25) is 0 Å². The van der Waals surface area contributed by atoms with Crippen molar-refractivity contribution in [1.29, 1.82) is 0 Å². The van der Waals surface area contributed by atoms with Crippen LogP contribution in [-0.2, 0) is 4.79 Å². The van der Waals surface area contributed by atoms with Crippen molar-refractivity contribution in [3.63, 3.8) is 0 Å². The molecule has 0 fully saturated rings. The fourth-order valence-corrected chi connectivity index (χ4v) is 1.68. The van der Waals surface area contributed by atoms with Crippen molar-refractivity contribution in [1.82, 2.24) is 0 Å². The second-order valence-electron chi connectivity index (χ2n) is 3.04. The van der Waals surface area contributed by atoms with Crippen LogP contribution in [0.25, 0.3) is 0 Å². The van der Waals surface area contributed by atoms with E-state index in [0.29, 0.717) is 12.2 Å². The van der Waals surface area contributed by atoms with Crippen LogP contribution in [0.5, 0.6) is 0 Å². The highest BCUT2D eigenvalue weighted by Gasteiger charge is 2.03. The summed E-state index contributed by atoms with van der Waals surface area (Å²) in [7, 11) is 0. The van der Waals surface area contributed by atoms with Crippen molar-refractivity contribution < 1.29 is 4.79 Å². The minimum absolute atomic E-state index is 0.363. The molecule has 1 aliphatic rings. The zero-order valence-corrected chi connectivity index (χ0v) is 8.64. The molecule has 0 radical (unpaired) electrons. The lowest BCUT2D eigenvalue weighted by molar-refractivity contribution is -0.118. The van der Waals surface area contributed by atoms with Gasteiger partial charge in [0.15, 0.2) is 0 Å². The quantitative estimate of drug-likeness (QED) is 0.582. The van der Waals surface area contributed by atoms with Crippen LogP contribution >= 0.6 is 15.9 Å². The Bertz CT molecular complexity index is 216. The molecule has 0 atom stereocenters. The molecule has 0 heterocycles. The number of rotatable bonds is 0. The summed E-state index contributed by atoms with van der Waals surface area (Å²) < 4.78 is 0. The summed E-state index contributed by atoms with van der Waals surface area (Å²) in [5, 5.41) is 0. The number of Topliss-reactive ketones (excluding diaryl/α,β-unsaturated/α-hetero) is 1. The molecule has 1 nitrogen and oxygen atoms in total. The van der Waals surface area contributed by atoms with Gasteiger partial charge in [-0.25, -0.2) is 0 Å². The van der Waals surface area contributed by atoms with Crippen molar-refractivity contribution >= 4 is 21.7 Å². The summed E-state index contributed by atoms with van der Waals surface area (Å²) in [6.07, 6.45) is 8.43. The Hall–Kier alpha value is -0.370. The molecular formula is C10H13BrO. The molecule has 1 rings (SSSR count). The van der Waals surface area contributed by atoms with E-state index in [2.05, 4.69) is 22.0 Å². The zero-order chi connectivity index (χ0) is 8.81. The molecule has 0 aliphatic heterocycles. The first kappa shape index (κ1) is 9.72. The molecule has 0 aromatic carbocycles. The highest BCUT2D eigenvalue weighted by atomic mass is 79.9. The zero-order valence-electron chi connectivity index (χ0n) is 7.05. The van der Waals surface area contributed by atoms with Crippen LogP contribution in [-0.4, -0.2) is 5.78 Å². The average molecular weight is 229 g/mol. The number of ketones is 1. The molecule has 0 saturated carbocycles. The van der Waals surface area contributed by atoms with Crippen molar-refractivity contribution in [3.05, 3.63) is 22.7 Å². The Morgan fingerprint density at radius 1 is 1.25 bits per heavy atom. The van der Waals surface area contributed by atoms with Crippen molar-refractivity contribution in [2.75, 3.05) is 0 Å². The van der Waals surface area contributed by atoms with E-state index in [-0.39, 0.29) is 0 Å². The summed E-state index contributed by atoms with van der Waals surface area (Å²) in [6.45, 7) is 0. The molecule has 0 unspecified atom stereocenters. The lowest BCUT2D eigenvalue weighted by Crippen LogP contribution is -1.94. The summed E-state index contributed by atoms with van der Waals surface area (Å²) in [4.78, 5) is 13.1. The standard InChI is InChI=1S/C10H13BrO/c11-8-9-4-1-2-6-10(12)7-3-5-9/h1-2,8H,3-7H2. The minimum Gasteiger partial charge on any atom is -0.299 e. The molecule has 0 N–H and O–H groups in total. The number of hydrogen-bond acceptors (Lipinski definition) is 1. The maximum atomic E-state index is 11.1. The smallest absolute Gasteiger partial charge is 0.136 e. The average Bonchev–Trinajstić information content (AvgIpc) is 2.17. The molecular weight excluding hydrogens is 216 g/mol. The molecule has 0 saturated heterocycles. The highest BCUT2D eigenvalue weighted by molar-refractivity contribution is 9.11. The minimum atomic E-state index is 0.363. The lowest BCUT2D eigenvalue weighted by Gasteiger charge is -1.99. The Morgan fingerprint density at radius 2 is 2.00 bits per heavy atom. The van der Waals surface area contributed by atoms with E-state index < -0.39 is 0 Å². The maximum Gasteiger partial charge on any atom is 0.136 e. The van der Waals surface area contributed by atoms with Gasteiger partial charge in [0.1, 0.15) is 5.78 Å². The Kier molecular flexibility index (Phi) is 4.30. The van der Waals surface area contributed by atoms with Gasteiger partial charge in [-0.3, -0.25) is 4.79 Å². The van der Waals surface area contributed by atoms with E-state index in [4.69, 9.17) is 0 Å². The third kappa shape index (κ3) is 3.35. The molecule has 12 heavy (non-hydrogen) atoms. The molecule has 0 spiro atoms. The van der Waals surface area contributed by atoms with Gasteiger partial charge in [0.25, 0.3) is 0 Å². The van der Waals surface area contributed by atoms with E-state index in [1.165, 1.54) is 5.57 Å². The van der Waals surface area contributed by atoms with Crippen molar-refractivity contribution in [2.45, 2.75) is 32.1 Å². The molecule has 2 heteroatoms. The summed E-state index contributed by atoms with van der Waals surface area (Å²) in [5.74, 6) is 0.363. The maximum absolute atomic E-state index is 11.1. The van der Waals surface area contributed by atoms with E-state index in [0.717, 1.165) is 25.7 Å². The Labute approximate surface area is 81.7 Å². The van der Waals surface area contributed by atoms with E-state index in [9.17, 15) is 4.79 Å². The van der Waals surface area contributed by atoms with E-state index in [1.807, 2.05) is 11.1 Å². The van der Waals surface area contributed by atoms with E-state index >= 15 is 0 Å². The molecule has 0 amide bonds. The first-order chi connectivity index (χ1) is 5.83. The van der Waals surface area contributed by atoms with Gasteiger partial charge in [-0.05, 0) is 24.2 Å². The van der Waals surface area contributed by atoms with Crippen molar-refractivity contribution in [3.8, 4) is 0 Å². The van der Waals surface area contributed by atoms with Gasteiger partial charge in [-0.1, -0.05) is 33.7 Å². The third-order valence-electron chi connectivity index (χ3n) is 2.00. The van der Waals surface area contributed by atoms with Crippen LogP contribution in [0.3, 0.4) is 0 Å². The number of allylic oxidation sites excluding steroid dienone is 3. The van der Waals surface area contributed by atoms with Crippen LogP contribution in [0.15, 0.2) is 22.7 Å². The van der Waals surface area contributed by atoms with Crippen LogP contribution < -0.4 is 0 Å². The van der Waals surface area contributed by atoms with Gasteiger partial charge < -0.3 is 0 Å². The van der Waals surface area contributed by atoms with Gasteiger partial charge in [0, 0.05) is 12.8 Å². The monoisotopic (exact) mass is 228 g/mol. The fraction of sp³-hybridized carbons (Fsp3) is 0.500. The van der Waals surface area contributed by atoms with Crippen LogP contribution in [0.1, 0.15) is 32.1 Å². The molecule has 0 aromatic rings. The lowest BCUT2D eigenvalue weighted by atomic mass is 10.1. The summed E-state index contributed by atoms with van der Waals surface area (Å²) in [6, 6.07) is 0. The Morgan fingerprint density at radius 3 is 2.75 bits per heavy atom. The van der Waals surface area contributed by atoms with Gasteiger partial charge in [-0.2, -0.15) is 0 Å². The van der Waals surface area contributed by atoms with Gasteiger partial charge >= 0.3 is 0 Å². The predicted octanol–water partition coefficient (Wildman–Crippen LogP) is 3.35. The number of carbonyl (C=O) groups is 1. The molecule has 66 valence electrons. The van der Waals surface area contributed by atoms with E-state index in [1.54, 1.807) is 0 Å². The third-order valence-corrected chi connectivity index (χ3v) is 2.65. The van der Waals surface area contributed by atoms with Crippen LogP contribution in [0, 0.1) is 0 Å². The van der Waals surface area contributed by atoms with Crippen LogP contribution in [0.2, 0.25) is 0 Å². The first-order valence-corrected chi connectivity index (χ1v) is 5.19. The van der Waals surface area contributed by atoms with Crippen molar-refractivity contribution in [2.24, 2.45) is 0 Å². The fourth-order valence-electron chi connectivity index (χ4n) is 1.27. The first-order valence-electron chi connectivity index (χ1n) is 4.28.